The number of hydrogen-bond donors (Lipinski definition) is 0. The number of amides is 1. The number of pyridine rings is 1. The van der Waals surface area contributed by atoms with E-state index in [1.807, 2.05) is 41.6 Å². The molecule has 3 heterocycles. The van der Waals surface area contributed by atoms with Crippen molar-refractivity contribution >= 4 is 5.91 Å². The highest BCUT2D eigenvalue weighted by molar-refractivity contribution is 5.73. The van der Waals surface area contributed by atoms with Gasteiger partial charge in [0.1, 0.15) is 17.6 Å². The molecule has 154 valence electrons. The monoisotopic (exact) mass is 395 g/mol. The number of piperidine rings is 1. The fourth-order valence-corrected chi connectivity index (χ4v) is 4.38. The van der Waals surface area contributed by atoms with Crippen molar-refractivity contribution < 1.29 is 14.3 Å². The number of rotatable bonds is 4. The van der Waals surface area contributed by atoms with Crippen LogP contribution in [0.2, 0.25) is 0 Å². The van der Waals surface area contributed by atoms with Gasteiger partial charge in [-0.05, 0) is 49.2 Å². The summed E-state index contributed by atoms with van der Waals surface area (Å²) in [5.74, 6) is 2.12. The summed E-state index contributed by atoms with van der Waals surface area (Å²) in [7, 11) is 1.66. The van der Waals surface area contributed by atoms with Crippen LogP contribution in [0.3, 0.4) is 0 Å². The van der Waals surface area contributed by atoms with Crippen LogP contribution in [-0.4, -0.2) is 53.5 Å². The second-order valence-electron chi connectivity index (χ2n) is 8.03. The highest BCUT2D eigenvalue weighted by atomic mass is 16.5. The number of methoxy groups -OCH3 is 1. The maximum Gasteiger partial charge on any atom is 0.219 e. The quantitative estimate of drug-likeness (QED) is 0.796. The second-order valence-corrected chi connectivity index (χ2v) is 8.03. The van der Waals surface area contributed by atoms with Gasteiger partial charge >= 0.3 is 0 Å². The summed E-state index contributed by atoms with van der Waals surface area (Å²) in [6.45, 7) is 5.78. The standard InChI is InChI=1S/C23H29N3O3/c1-17(27)26-15-20-11-21(28-2)7-8-22(20)29-23(16-26)19-6-4-10-25(14-19)13-18-5-3-9-24-12-18/h3,5,7-9,11-12,19,23H,4,6,10,13-16H2,1-2H3/t19-,23+/m1/s1. The van der Waals surface area contributed by atoms with E-state index in [1.165, 1.54) is 5.56 Å². The van der Waals surface area contributed by atoms with Gasteiger partial charge in [0.25, 0.3) is 0 Å². The fraction of sp³-hybridized carbons (Fsp3) is 0.478. The van der Waals surface area contributed by atoms with Crippen LogP contribution in [0.1, 0.15) is 30.9 Å². The molecule has 1 aromatic carbocycles. The number of fused-ring (bicyclic) bond motifs is 1. The Bertz CT molecular complexity index is 843. The average molecular weight is 396 g/mol. The Morgan fingerprint density at radius 2 is 2.21 bits per heavy atom. The molecular formula is C23H29N3O3. The van der Waals surface area contributed by atoms with Crippen molar-refractivity contribution in [2.45, 2.75) is 39.0 Å². The van der Waals surface area contributed by atoms with Gasteiger partial charge in [0.05, 0.1) is 13.7 Å². The molecule has 1 fully saturated rings. The molecule has 1 saturated heterocycles. The Balaban J connectivity index is 1.51. The SMILES string of the molecule is COc1ccc2c(c1)CN(C(C)=O)C[C@@H]([C@@H]1CCCN(Cc3cccnc3)C1)O2. The van der Waals surface area contributed by atoms with Crippen LogP contribution >= 0.6 is 0 Å². The van der Waals surface area contributed by atoms with Crippen LogP contribution < -0.4 is 9.47 Å². The molecule has 0 bridgehead atoms. The molecule has 6 nitrogen and oxygen atoms in total. The van der Waals surface area contributed by atoms with E-state index in [0.29, 0.717) is 19.0 Å². The van der Waals surface area contributed by atoms with Crippen molar-refractivity contribution in [1.29, 1.82) is 0 Å². The number of hydrogen-bond acceptors (Lipinski definition) is 5. The lowest BCUT2D eigenvalue weighted by atomic mass is 9.91. The third-order valence-electron chi connectivity index (χ3n) is 5.95. The minimum absolute atomic E-state index is 0.00903. The number of benzene rings is 1. The lowest BCUT2D eigenvalue weighted by molar-refractivity contribution is -0.130. The number of carbonyl (C=O) groups excluding carboxylic acids is 1. The van der Waals surface area contributed by atoms with Gasteiger partial charge in [-0.15, -0.1) is 0 Å². The third kappa shape index (κ3) is 4.70. The van der Waals surface area contributed by atoms with Crippen LogP contribution in [0.5, 0.6) is 11.5 Å². The molecule has 2 aromatic rings. The molecule has 1 amide bonds. The normalized spacial score (nSPS) is 22.3. The summed E-state index contributed by atoms with van der Waals surface area (Å²) in [6.07, 6.45) is 5.99. The van der Waals surface area contributed by atoms with Crippen LogP contribution in [0.15, 0.2) is 42.7 Å². The van der Waals surface area contributed by atoms with Crippen molar-refractivity contribution in [3.05, 3.63) is 53.9 Å². The topological polar surface area (TPSA) is 54.9 Å². The molecule has 4 rings (SSSR count). The number of carbonyl (C=O) groups is 1. The van der Waals surface area contributed by atoms with Crippen LogP contribution in [0, 0.1) is 5.92 Å². The highest BCUT2D eigenvalue weighted by Gasteiger charge is 2.33. The first-order valence-electron chi connectivity index (χ1n) is 10.3. The van der Waals surface area contributed by atoms with Crippen molar-refractivity contribution in [1.82, 2.24) is 14.8 Å². The number of aromatic nitrogens is 1. The van der Waals surface area contributed by atoms with Gasteiger partial charge in [0.15, 0.2) is 0 Å². The molecular weight excluding hydrogens is 366 g/mol. The Hall–Kier alpha value is -2.60. The molecule has 0 aliphatic carbocycles. The Morgan fingerprint density at radius 3 is 2.97 bits per heavy atom. The summed E-state index contributed by atoms with van der Waals surface area (Å²) in [5, 5.41) is 0. The Morgan fingerprint density at radius 1 is 1.31 bits per heavy atom. The van der Waals surface area contributed by atoms with Gasteiger partial charge in [-0.25, -0.2) is 0 Å². The zero-order valence-electron chi connectivity index (χ0n) is 17.2. The highest BCUT2D eigenvalue weighted by Crippen LogP contribution is 2.33. The van der Waals surface area contributed by atoms with Gasteiger partial charge in [-0.2, -0.15) is 0 Å². The van der Waals surface area contributed by atoms with Crippen LogP contribution in [-0.2, 0) is 17.9 Å². The Labute approximate surface area is 172 Å². The number of ether oxygens (including phenoxy) is 2. The van der Waals surface area contributed by atoms with E-state index < -0.39 is 0 Å². The van der Waals surface area contributed by atoms with Gasteiger partial charge < -0.3 is 14.4 Å². The molecule has 0 N–H and O–H groups in total. The zero-order chi connectivity index (χ0) is 20.2. The molecule has 0 unspecified atom stereocenters. The molecule has 0 saturated carbocycles. The van der Waals surface area contributed by atoms with Gasteiger partial charge in [-0.3, -0.25) is 14.7 Å². The maximum atomic E-state index is 12.3. The van der Waals surface area contributed by atoms with Crippen LogP contribution in [0.4, 0.5) is 0 Å². The number of nitrogens with zero attached hydrogens (tertiary/aromatic N) is 3. The van der Waals surface area contributed by atoms with E-state index in [4.69, 9.17) is 9.47 Å². The Kier molecular flexibility index (Phi) is 6.00. The molecule has 2 aliphatic rings. The molecule has 0 spiro atoms. The predicted octanol–water partition coefficient (Wildman–Crippen LogP) is 3.11. The first-order chi connectivity index (χ1) is 14.1. The van der Waals surface area contributed by atoms with Crippen molar-refractivity contribution in [2.75, 3.05) is 26.7 Å². The predicted molar refractivity (Wildman–Crippen MR) is 111 cm³/mol. The van der Waals surface area contributed by atoms with Crippen molar-refractivity contribution in [2.24, 2.45) is 5.92 Å². The van der Waals surface area contributed by atoms with E-state index in [9.17, 15) is 4.79 Å². The molecule has 2 aliphatic heterocycles. The van der Waals surface area contributed by atoms with Crippen LogP contribution in [0.25, 0.3) is 0 Å². The molecule has 6 heteroatoms. The molecule has 0 radical (unpaired) electrons. The molecule has 29 heavy (non-hydrogen) atoms. The third-order valence-corrected chi connectivity index (χ3v) is 5.95. The first kappa shape index (κ1) is 19.7. The zero-order valence-corrected chi connectivity index (χ0v) is 17.2. The van der Waals surface area contributed by atoms with E-state index in [-0.39, 0.29) is 12.0 Å². The van der Waals surface area contributed by atoms with E-state index in [1.54, 1.807) is 14.0 Å². The lowest BCUT2D eigenvalue weighted by Crippen LogP contribution is -2.46. The van der Waals surface area contributed by atoms with Crippen molar-refractivity contribution in [3.63, 3.8) is 0 Å². The molecule has 2 atom stereocenters. The van der Waals surface area contributed by atoms with E-state index in [0.717, 1.165) is 49.5 Å². The maximum absolute atomic E-state index is 12.3. The summed E-state index contributed by atoms with van der Waals surface area (Å²) in [5.41, 5.74) is 2.24. The summed E-state index contributed by atoms with van der Waals surface area (Å²) < 4.78 is 11.8. The average Bonchev–Trinajstić information content (AvgIpc) is 2.94. The minimum atomic E-state index is -0.00903. The summed E-state index contributed by atoms with van der Waals surface area (Å²) in [4.78, 5) is 20.9. The first-order valence-corrected chi connectivity index (χ1v) is 10.3. The van der Waals surface area contributed by atoms with Crippen molar-refractivity contribution in [3.8, 4) is 11.5 Å². The summed E-state index contributed by atoms with van der Waals surface area (Å²) in [6, 6.07) is 9.99. The lowest BCUT2D eigenvalue weighted by Gasteiger charge is -2.37. The van der Waals surface area contributed by atoms with E-state index in [2.05, 4.69) is 16.0 Å². The summed E-state index contributed by atoms with van der Waals surface area (Å²) >= 11 is 0. The molecule has 1 aromatic heterocycles. The number of likely N-dealkylation sites (tertiary alicyclic amines) is 1. The largest absolute Gasteiger partial charge is 0.497 e. The van der Waals surface area contributed by atoms with Gasteiger partial charge in [0, 0.05) is 50.4 Å². The smallest absolute Gasteiger partial charge is 0.219 e. The van der Waals surface area contributed by atoms with Gasteiger partial charge in [-0.1, -0.05) is 6.07 Å². The second kappa shape index (κ2) is 8.82. The van der Waals surface area contributed by atoms with E-state index >= 15 is 0 Å². The fourth-order valence-electron chi connectivity index (χ4n) is 4.38. The van der Waals surface area contributed by atoms with Gasteiger partial charge in [0.2, 0.25) is 5.91 Å². The minimum Gasteiger partial charge on any atom is -0.497 e.